The van der Waals surface area contributed by atoms with Gasteiger partial charge in [-0.05, 0) is 43.9 Å². The third kappa shape index (κ3) is 3.38. The molecule has 5 unspecified atom stereocenters. The molecule has 0 radical (unpaired) electrons. The summed E-state index contributed by atoms with van der Waals surface area (Å²) in [6.45, 7) is 4.29. The number of hydrogen-bond donors (Lipinski definition) is 1. The Kier molecular flexibility index (Phi) is 4.37. The van der Waals surface area contributed by atoms with Gasteiger partial charge in [-0.15, -0.1) is 0 Å². The molecule has 1 aromatic heterocycles. The number of hydrogen-bond acceptors (Lipinski definition) is 4. The highest BCUT2D eigenvalue weighted by Crippen LogP contribution is 2.49. The fourth-order valence-corrected chi connectivity index (χ4v) is 4.29. The van der Waals surface area contributed by atoms with Crippen molar-refractivity contribution in [3.05, 3.63) is 22.5 Å². The highest BCUT2D eigenvalue weighted by Gasteiger charge is 2.42. The van der Waals surface area contributed by atoms with Gasteiger partial charge in [-0.3, -0.25) is 19.6 Å². The Hall–Kier alpha value is -1.92. The lowest BCUT2D eigenvalue weighted by Crippen LogP contribution is -2.43. The van der Waals surface area contributed by atoms with Crippen LogP contribution in [0.2, 0.25) is 0 Å². The van der Waals surface area contributed by atoms with Crippen molar-refractivity contribution in [2.45, 2.75) is 52.1 Å². The van der Waals surface area contributed by atoms with Crippen LogP contribution in [0.4, 0.5) is 5.69 Å². The molecule has 1 amide bonds. The summed E-state index contributed by atoms with van der Waals surface area (Å²) in [6.07, 6.45) is 7.81. The van der Waals surface area contributed by atoms with Gasteiger partial charge in [0.25, 0.3) is 0 Å². The Bertz CT molecular complexity index is 600. The Morgan fingerprint density at radius 1 is 1.48 bits per heavy atom. The zero-order valence-electron chi connectivity index (χ0n) is 13.6. The first kappa shape index (κ1) is 16.0. The first-order valence-corrected chi connectivity index (χ1v) is 8.41. The minimum Gasteiger partial charge on any atom is -0.353 e. The third-order valence-corrected chi connectivity index (χ3v) is 5.54. The topological polar surface area (TPSA) is 90.1 Å². The normalized spacial score (nSPS) is 28.5. The number of nitro groups is 1. The number of carbonyl (C=O) groups is 1. The molecule has 2 bridgehead atoms. The summed E-state index contributed by atoms with van der Waals surface area (Å²) >= 11 is 0. The van der Waals surface area contributed by atoms with Crippen LogP contribution in [0.3, 0.4) is 0 Å². The second-order valence-electron chi connectivity index (χ2n) is 7.21. The number of aromatic nitrogens is 2. The van der Waals surface area contributed by atoms with Crippen molar-refractivity contribution in [1.82, 2.24) is 15.1 Å². The van der Waals surface area contributed by atoms with Gasteiger partial charge in [0.1, 0.15) is 12.4 Å². The summed E-state index contributed by atoms with van der Waals surface area (Å²) in [5, 5.41) is 17.7. The summed E-state index contributed by atoms with van der Waals surface area (Å²) < 4.78 is 1.46. The van der Waals surface area contributed by atoms with Gasteiger partial charge in [-0.1, -0.05) is 13.3 Å². The van der Waals surface area contributed by atoms with Gasteiger partial charge in [0.15, 0.2) is 0 Å². The van der Waals surface area contributed by atoms with Gasteiger partial charge in [-0.25, -0.2) is 0 Å². The van der Waals surface area contributed by atoms with E-state index in [1.54, 1.807) is 0 Å². The second kappa shape index (κ2) is 6.29. The van der Waals surface area contributed by atoms with Gasteiger partial charge >= 0.3 is 5.69 Å². The first-order valence-electron chi connectivity index (χ1n) is 8.41. The zero-order chi connectivity index (χ0) is 16.6. The molecule has 2 fully saturated rings. The monoisotopic (exact) mass is 320 g/mol. The smallest absolute Gasteiger partial charge is 0.306 e. The summed E-state index contributed by atoms with van der Waals surface area (Å²) in [4.78, 5) is 22.6. The molecule has 2 aliphatic rings. The van der Waals surface area contributed by atoms with Crippen LogP contribution in [0.5, 0.6) is 0 Å². The molecule has 0 aromatic carbocycles. The summed E-state index contributed by atoms with van der Waals surface area (Å²) in [5.74, 6) is 1.98. The second-order valence-corrected chi connectivity index (χ2v) is 7.21. The lowest BCUT2D eigenvalue weighted by Gasteiger charge is -2.29. The third-order valence-electron chi connectivity index (χ3n) is 5.54. The molecular weight excluding hydrogens is 296 g/mol. The molecule has 1 N–H and O–H groups in total. The Morgan fingerprint density at radius 2 is 2.26 bits per heavy atom. The SMILES string of the molecule is CC(Cn1cc([N+](=O)[O-])cn1)C(=O)NC(C)C1CC2CCC1C2. The van der Waals surface area contributed by atoms with Crippen molar-refractivity contribution >= 4 is 11.6 Å². The summed E-state index contributed by atoms with van der Waals surface area (Å²) in [7, 11) is 0. The number of rotatable bonds is 6. The summed E-state index contributed by atoms with van der Waals surface area (Å²) in [6, 6.07) is 0.201. The van der Waals surface area contributed by atoms with E-state index < -0.39 is 4.92 Å². The molecule has 7 heteroatoms. The van der Waals surface area contributed by atoms with E-state index in [2.05, 4.69) is 17.3 Å². The molecule has 0 spiro atoms. The Labute approximate surface area is 135 Å². The molecule has 1 aromatic rings. The molecule has 3 rings (SSSR count). The van der Waals surface area contributed by atoms with Crippen LogP contribution in [0.25, 0.3) is 0 Å². The van der Waals surface area contributed by atoms with Crippen molar-refractivity contribution in [2.24, 2.45) is 23.7 Å². The highest BCUT2D eigenvalue weighted by molar-refractivity contribution is 5.78. The van der Waals surface area contributed by atoms with Gasteiger partial charge in [0.2, 0.25) is 5.91 Å². The van der Waals surface area contributed by atoms with Gasteiger partial charge < -0.3 is 5.32 Å². The van der Waals surface area contributed by atoms with Crippen LogP contribution in [0.1, 0.15) is 39.5 Å². The van der Waals surface area contributed by atoms with Crippen LogP contribution < -0.4 is 5.32 Å². The molecule has 2 aliphatic carbocycles. The molecule has 5 atom stereocenters. The largest absolute Gasteiger partial charge is 0.353 e. The average Bonchev–Trinajstić information content (AvgIpc) is 3.22. The number of carbonyl (C=O) groups excluding carboxylic acids is 1. The van der Waals surface area contributed by atoms with E-state index in [0.29, 0.717) is 12.5 Å². The van der Waals surface area contributed by atoms with Crippen molar-refractivity contribution in [3.63, 3.8) is 0 Å². The summed E-state index contributed by atoms with van der Waals surface area (Å²) in [5.41, 5.74) is -0.0482. The number of nitrogens with one attached hydrogen (secondary N) is 1. The molecule has 1 heterocycles. The van der Waals surface area contributed by atoms with Crippen molar-refractivity contribution in [3.8, 4) is 0 Å². The predicted molar refractivity (Wildman–Crippen MR) is 84.6 cm³/mol. The van der Waals surface area contributed by atoms with E-state index in [9.17, 15) is 14.9 Å². The lowest BCUT2D eigenvalue weighted by molar-refractivity contribution is -0.385. The minimum absolute atomic E-state index is 0.00146. The zero-order valence-corrected chi connectivity index (χ0v) is 13.6. The number of amides is 1. The first-order chi connectivity index (χ1) is 10.9. The highest BCUT2D eigenvalue weighted by atomic mass is 16.6. The van der Waals surface area contributed by atoms with Crippen LogP contribution >= 0.6 is 0 Å². The van der Waals surface area contributed by atoms with Crippen molar-refractivity contribution < 1.29 is 9.72 Å². The maximum atomic E-state index is 12.4. The standard InChI is InChI=1S/C16H24N4O3/c1-10(8-19-9-14(7-17-19)20(22)23)16(21)18-11(2)15-6-12-3-4-13(15)5-12/h7,9-13,15H,3-6,8H2,1-2H3,(H,18,21). The van der Waals surface area contributed by atoms with Crippen LogP contribution in [0.15, 0.2) is 12.4 Å². The van der Waals surface area contributed by atoms with Crippen LogP contribution in [0, 0.1) is 33.8 Å². The molecule has 126 valence electrons. The van der Waals surface area contributed by atoms with Gasteiger partial charge in [0.05, 0.1) is 17.4 Å². The predicted octanol–water partition coefficient (Wildman–Crippen LogP) is 2.37. The van der Waals surface area contributed by atoms with Crippen LogP contribution in [-0.2, 0) is 11.3 Å². The fourth-order valence-electron chi connectivity index (χ4n) is 4.29. The molecule has 0 saturated heterocycles. The fraction of sp³-hybridized carbons (Fsp3) is 0.750. The molecule has 7 nitrogen and oxygen atoms in total. The van der Waals surface area contributed by atoms with Crippen LogP contribution in [-0.4, -0.2) is 26.7 Å². The number of nitrogens with zero attached hydrogens (tertiary/aromatic N) is 3. The minimum atomic E-state index is -0.481. The van der Waals surface area contributed by atoms with Gasteiger partial charge in [-0.2, -0.15) is 5.10 Å². The lowest BCUT2D eigenvalue weighted by atomic mass is 9.84. The van der Waals surface area contributed by atoms with E-state index in [0.717, 1.165) is 11.8 Å². The van der Waals surface area contributed by atoms with Gasteiger partial charge in [0, 0.05) is 6.04 Å². The molecular formula is C16H24N4O3. The average molecular weight is 320 g/mol. The van der Waals surface area contributed by atoms with E-state index in [1.165, 1.54) is 42.8 Å². The Morgan fingerprint density at radius 3 is 2.83 bits per heavy atom. The Balaban J connectivity index is 1.51. The maximum Gasteiger partial charge on any atom is 0.306 e. The maximum absolute atomic E-state index is 12.4. The molecule has 0 aliphatic heterocycles. The van der Waals surface area contributed by atoms with E-state index in [4.69, 9.17) is 0 Å². The number of fused-ring (bicyclic) bond motifs is 2. The van der Waals surface area contributed by atoms with E-state index in [-0.39, 0.29) is 23.6 Å². The molecule has 23 heavy (non-hydrogen) atoms. The van der Waals surface area contributed by atoms with E-state index >= 15 is 0 Å². The van der Waals surface area contributed by atoms with E-state index in [1.807, 2.05) is 6.92 Å². The van der Waals surface area contributed by atoms with Crippen molar-refractivity contribution in [1.29, 1.82) is 0 Å². The quantitative estimate of drug-likeness (QED) is 0.643. The van der Waals surface area contributed by atoms with Crippen molar-refractivity contribution in [2.75, 3.05) is 0 Å². The molecule has 2 saturated carbocycles.